The smallest absolute Gasteiger partial charge is 0.312 e. The Hall–Kier alpha value is -8.89. The third kappa shape index (κ3) is 44.8. The van der Waals surface area contributed by atoms with Crippen molar-refractivity contribution in [2.45, 2.75) is 256 Å². The van der Waals surface area contributed by atoms with E-state index in [-0.39, 0.29) is 165 Å². The minimum atomic E-state index is -1.16. The molecular formula is C79H132N16O20S4. The SMILES string of the molecule is C.[2H]C(=O)CCCCCN1C(=O)CC(SC)C1=O.[2H]C(=O)OCc1ccc(NC(=O)[C@H](CCCNC(N)=O)NC(=O)[C@@H](NC(=O)CCCCCN2C(=O)CC(SC)C2=O)C(C)C)cc1.[2H]CC(=O)[C@H](CCCNC(N)=O)NC(=O)[C@@H](NC(=O)CCCCCN1C(=O)CC(SC)C1=O)C(C)C.[2H]CC(=O)[C@H](CCCNC(N)=O)NC(=O)[C@@H](NCSC)C(C)C. The van der Waals surface area contributed by atoms with Gasteiger partial charge in [0.1, 0.15) is 32.4 Å². The number of anilines is 1. The largest absolute Gasteiger partial charge is 0.463 e. The lowest BCUT2D eigenvalue weighted by Crippen LogP contribution is -2.54. The molecule has 36 nitrogen and oxygen atoms in total. The number of hydrogen-bond acceptors (Lipinski definition) is 25. The summed E-state index contributed by atoms with van der Waals surface area (Å²) in [6.07, 6.45) is 14.5. The van der Waals surface area contributed by atoms with Crippen LogP contribution in [0.1, 0.15) is 209 Å². The van der Waals surface area contributed by atoms with E-state index in [4.69, 9.17) is 22.7 Å². The molecule has 40 heteroatoms. The number of nitrogens with one attached hydrogen (secondary N) is 10. The predicted molar refractivity (Wildman–Crippen MR) is 461 cm³/mol. The van der Waals surface area contributed by atoms with Crippen molar-refractivity contribution in [1.29, 1.82) is 0 Å². The fraction of sp³-hybridized carbons (Fsp3) is 0.684. The number of unbranched alkanes of at least 4 members (excludes halogenated alkanes) is 6. The predicted octanol–water partition coefficient (Wildman–Crippen LogP) is 4.44. The number of primary amides is 3. The monoisotopic (exact) mass is 1760 g/mol. The number of likely N-dealkylation sites (tertiary alicyclic amines) is 3. The number of nitrogens with two attached hydrogens (primary N) is 3. The first kappa shape index (κ1) is 102. The van der Waals surface area contributed by atoms with E-state index in [1.165, 1.54) is 50.0 Å². The van der Waals surface area contributed by atoms with Gasteiger partial charge in [0.25, 0.3) is 6.45 Å². The first-order valence-corrected chi connectivity index (χ1v) is 44.6. The van der Waals surface area contributed by atoms with Crippen LogP contribution in [0, 0.1) is 17.8 Å². The molecule has 3 aliphatic heterocycles. The molecule has 4 rings (SSSR count). The van der Waals surface area contributed by atoms with E-state index in [9.17, 15) is 91.1 Å². The maximum Gasteiger partial charge on any atom is 0.312 e. The van der Waals surface area contributed by atoms with E-state index < -0.39 is 104 Å². The van der Waals surface area contributed by atoms with Gasteiger partial charge in [0, 0.05) is 92.1 Å². The maximum absolute atomic E-state index is 13.3. The molecule has 672 valence electrons. The molecule has 0 saturated carbocycles. The van der Waals surface area contributed by atoms with Crippen molar-refractivity contribution in [2.24, 2.45) is 35.0 Å². The number of rotatable bonds is 53. The van der Waals surface area contributed by atoms with Crippen molar-refractivity contribution in [1.82, 2.24) is 62.6 Å². The van der Waals surface area contributed by atoms with Crippen molar-refractivity contribution in [3.05, 3.63) is 29.8 Å². The molecule has 0 radical (unpaired) electrons. The lowest BCUT2D eigenvalue weighted by molar-refractivity contribution is -0.139. The summed E-state index contributed by atoms with van der Waals surface area (Å²) in [5, 5.41) is 25.8. The Kier molecular flexibility index (Phi) is 53.6. The number of carbonyl (C=O) groups is 19. The second-order valence-electron chi connectivity index (χ2n) is 28.9. The molecular weight excluding hydrogens is 1620 g/mol. The average molecular weight is 1760 g/mol. The number of hydrogen-bond donors (Lipinski definition) is 13. The number of imide groups is 3. The van der Waals surface area contributed by atoms with Crippen molar-refractivity contribution >= 4 is 166 Å². The lowest BCUT2D eigenvalue weighted by Gasteiger charge is -2.25. The third-order valence-electron chi connectivity index (χ3n) is 18.6. The number of aldehydes is 1. The highest BCUT2D eigenvalue weighted by atomic mass is 32.2. The number of amides is 18. The molecule has 0 aliphatic carbocycles. The van der Waals surface area contributed by atoms with Gasteiger partial charge in [-0.15, -0.1) is 11.8 Å². The fourth-order valence-corrected chi connectivity index (χ4v) is 14.2. The van der Waals surface area contributed by atoms with E-state index in [2.05, 4.69) is 57.9 Å². The van der Waals surface area contributed by atoms with Gasteiger partial charge >= 0.3 is 18.1 Å². The maximum atomic E-state index is 13.3. The van der Waals surface area contributed by atoms with Crippen LogP contribution in [0.25, 0.3) is 0 Å². The zero-order valence-corrected chi connectivity index (χ0v) is 72.8. The summed E-state index contributed by atoms with van der Waals surface area (Å²) >= 11 is 5.72. The van der Waals surface area contributed by atoms with Crippen molar-refractivity contribution < 1.29 is 101 Å². The Balaban J connectivity index is 0.00000171. The summed E-state index contributed by atoms with van der Waals surface area (Å²) in [6, 6.07) is -0.445. The fourth-order valence-electron chi connectivity index (χ4n) is 11.9. The Labute approximate surface area is 722 Å². The normalized spacial score (nSPS) is 16.7. The van der Waals surface area contributed by atoms with Gasteiger partial charge in [0.2, 0.25) is 70.9 Å². The van der Waals surface area contributed by atoms with Crippen LogP contribution in [0.5, 0.6) is 0 Å². The molecule has 18 amide bonds. The van der Waals surface area contributed by atoms with E-state index in [0.717, 1.165) is 6.42 Å². The van der Waals surface area contributed by atoms with Gasteiger partial charge in [-0.3, -0.25) is 91.9 Å². The first-order valence-electron chi connectivity index (χ1n) is 41.7. The lowest BCUT2D eigenvalue weighted by atomic mass is 10.0. The Morgan fingerprint density at radius 3 is 1.16 bits per heavy atom. The standard InChI is InChI=1S/C30H44N6O8S.C23H39N5O6S.C14H28N4O3S.C11H17NO3S.CH4/c1-19(2)26(35-24(38)9-5-4-6-15-36-25(39)16-23(45-3)29(36)42)28(41)34-22(8-7-14-32-30(31)43)27(40)33-21-12-10-20(11-13-21)17-44-18-37;1-14(2)20(21(32)26-16(15(3)29)9-8-11-25-23(24)34)27-18(30)10-6-5-7-12-28-19(31)13-17(35-4)22(28)33;1-9(2)12(17-8-22-4)13(20)18-11(10(3)19)6-5-7-16-14(15)21;1-16-9-8-10(14)12(11(9)15)6-4-2-3-5-7-13;/h10-13,18-19,22-23,26H,4-9,14-17H2,1-3H3,(H,33,40)(H,34,41)(H,35,38)(H3,31,32,43);14,16-17,20H,5-13H2,1-4H3,(H,26,32)(H,27,30)(H3,24,25,34);9,11-12,17H,5-8H2,1-4H3,(H,18,20)(H3,15,16,21);7,9H,2-6,8H2,1H3;1H4/t22-,23?,26-;16-,17?,20-;11-,12-;;/m000../s1/i18D;2*3D;7D;. The van der Waals surface area contributed by atoms with Gasteiger partial charge in [-0.05, 0) is 151 Å². The van der Waals surface area contributed by atoms with E-state index in [1.54, 1.807) is 76.2 Å². The number of ketones is 2. The topological polar surface area (TPSA) is 542 Å². The minimum Gasteiger partial charge on any atom is -0.463 e. The first-order chi connectivity index (χ1) is 57.7. The number of benzene rings is 1. The van der Waals surface area contributed by atoms with Gasteiger partial charge in [-0.1, -0.05) is 80.4 Å². The van der Waals surface area contributed by atoms with Crippen LogP contribution in [-0.4, -0.2) is 250 Å². The molecule has 3 unspecified atom stereocenters. The summed E-state index contributed by atoms with van der Waals surface area (Å²) < 4.78 is 32.8. The molecule has 0 bridgehead atoms. The van der Waals surface area contributed by atoms with Crippen molar-refractivity contribution in [2.75, 3.05) is 75.5 Å². The molecule has 3 fully saturated rings. The van der Waals surface area contributed by atoms with Gasteiger partial charge < -0.3 is 74.6 Å². The van der Waals surface area contributed by atoms with Crippen LogP contribution in [0.2, 0.25) is 0 Å². The second kappa shape index (κ2) is 62.3. The number of ether oxygens (including phenoxy) is 1. The Morgan fingerprint density at radius 1 is 0.487 bits per heavy atom. The molecule has 0 spiro atoms. The molecule has 119 heavy (non-hydrogen) atoms. The van der Waals surface area contributed by atoms with Crippen molar-refractivity contribution in [3.63, 3.8) is 0 Å². The van der Waals surface area contributed by atoms with E-state index in [1.807, 2.05) is 26.4 Å². The quantitative estimate of drug-likeness (QED) is 0.0185. The van der Waals surface area contributed by atoms with Crippen molar-refractivity contribution in [3.8, 4) is 0 Å². The van der Waals surface area contributed by atoms with Crippen LogP contribution in [0.15, 0.2) is 24.3 Å². The molecule has 9 atom stereocenters. The zero-order valence-electron chi connectivity index (χ0n) is 73.5. The molecule has 1 aromatic carbocycles. The van der Waals surface area contributed by atoms with Crippen LogP contribution < -0.4 is 70.4 Å². The molecule has 0 aromatic heterocycles. The number of urea groups is 3. The molecule has 1 aromatic rings. The number of thioether (sulfide) groups is 4. The van der Waals surface area contributed by atoms with Crippen LogP contribution in [-0.2, 0) is 88.1 Å². The van der Waals surface area contributed by atoms with Crippen LogP contribution in [0.3, 0.4) is 0 Å². The summed E-state index contributed by atoms with van der Waals surface area (Å²) in [5.74, 6) is -3.94. The summed E-state index contributed by atoms with van der Waals surface area (Å²) in [5.41, 5.74) is 16.1. The van der Waals surface area contributed by atoms with E-state index >= 15 is 0 Å². The van der Waals surface area contributed by atoms with Gasteiger partial charge in [-0.25, -0.2) is 14.4 Å². The highest BCUT2D eigenvalue weighted by molar-refractivity contribution is 8.00. The highest BCUT2D eigenvalue weighted by Crippen LogP contribution is 2.27. The number of Topliss-reactive ketones (excluding diaryl/α,β-unsaturated/α-hetero) is 2. The Bertz CT molecular complexity index is 3620. The highest BCUT2D eigenvalue weighted by Gasteiger charge is 2.40. The molecule has 3 aliphatic rings. The van der Waals surface area contributed by atoms with Gasteiger partial charge in [0.15, 0.2) is 12.9 Å². The molecule has 3 heterocycles. The summed E-state index contributed by atoms with van der Waals surface area (Å²) in [7, 11) is 0. The molecule has 16 N–H and O–H groups in total. The summed E-state index contributed by atoms with van der Waals surface area (Å²) in [6.45, 7) is 11.8. The van der Waals surface area contributed by atoms with Gasteiger partial charge in [0.05, 0.1) is 33.9 Å². The average Bonchev–Trinajstić information content (AvgIpc) is 1.77. The van der Waals surface area contributed by atoms with Crippen LogP contribution >= 0.6 is 47.0 Å². The Morgan fingerprint density at radius 2 is 0.840 bits per heavy atom. The zero-order chi connectivity index (χ0) is 92.1. The molecule has 3 saturated heterocycles. The number of nitrogens with zero attached hydrogens (tertiary/aromatic N) is 3. The third-order valence-corrected chi connectivity index (χ3v) is 21.9. The number of carbonyl (C=O) groups excluding carboxylic acids is 19. The van der Waals surface area contributed by atoms with Gasteiger partial charge in [-0.2, -0.15) is 35.3 Å². The van der Waals surface area contributed by atoms with Crippen LogP contribution in [0.4, 0.5) is 20.1 Å². The second-order valence-corrected chi connectivity index (χ2v) is 32.9. The summed E-state index contributed by atoms with van der Waals surface area (Å²) in [4.78, 5) is 230. The van der Waals surface area contributed by atoms with E-state index in [0.29, 0.717) is 127 Å². The minimum absolute atomic E-state index is 0.